The minimum atomic E-state index is -0.259. The number of hydrogen-bond donors (Lipinski definition) is 0. The minimum Gasteiger partial charge on any atom is -0.329 e. The molecule has 0 radical (unpaired) electrons. The number of likely N-dealkylation sites (tertiary alicyclic amines) is 1. The first kappa shape index (κ1) is 8.97. The smallest absolute Gasteiger partial charge is 0.223 e. The molecule has 12 heavy (non-hydrogen) atoms. The van der Waals surface area contributed by atoms with Gasteiger partial charge in [-0.15, -0.1) is 0 Å². The topological polar surface area (TPSA) is 37.4 Å². The maximum absolute atomic E-state index is 11.3. The minimum absolute atomic E-state index is 0.0331. The Hall–Kier alpha value is -1.12. The Kier molecular flexibility index (Phi) is 2.63. The van der Waals surface area contributed by atoms with Crippen LogP contribution in [0.5, 0.6) is 0 Å². The maximum Gasteiger partial charge on any atom is 0.223 e. The number of amides is 1. The molecule has 1 unspecified atom stereocenters. The van der Waals surface area contributed by atoms with E-state index >= 15 is 0 Å². The zero-order chi connectivity index (χ0) is 9.14. The summed E-state index contributed by atoms with van der Waals surface area (Å²) in [4.78, 5) is 23.4. The summed E-state index contributed by atoms with van der Waals surface area (Å²) in [6.07, 6.45) is 1.92. The van der Waals surface area contributed by atoms with Crippen LogP contribution in [-0.4, -0.2) is 29.7 Å². The highest BCUT2D eigenvalue weighted by Gasteiger charge is 2.29. The first-order chi connectivity index (χ1) is 5.69. The van der Waals surface area contributed by atoms with Gasteiger partial charge in [-0.3, -0.25) is 4.79 Å². The molecular weight excluding hydrogens is 154 g/mol. The lowest BCUT2D eigenvalue weighted by molar-refractivity contribution is -0.134. The van der Waals surface area contributed by atoms with Crippen molar-refractivity contribution in [3.8, 4) is 0 Å². The Morgan fingerprint density at radius 3 is 3.00 bits per heavy atom. The molecule has 1 amide bonds. The van der Waals surface area contributed by atoms with Gasteiger partial charge in [-0.1, -0.05) is 19.1 Å². The van der Waals surface area contributed by atoms with E-state index in [1.165, 1.54) is 0 Å². The van der Waals surface area contributed by atoms with Gasteiger partial charge in [0, 0.05) is 13.0 Å². The molecule has 1 saturated heterocycles. The predicted octanol–water partition coefficient (Wildman–Crippen LogP) is 0.752. The normalized spacial score (nSPS) is 22.9. The van der Waals surface area contributed by atoms with Gasteiger partial charge in [-0.25, -0.2) is 0 Å². The van der Waals surface area contributed by atoms with Crippen molar-refractivity contribution in [2.24, 2.45) is 0 Å². The third kappa shape index (κ3) is 1.55. The summed E-state index contributed by atoms with van der Waals surface area (Å²) >= 11 is 0. The number of rotatable bonds is 2. The van der Waals surface area contributed by atoms with E-state index in [2.05, 4.69) is 6.58 Å². The molecule has 1 rings (SSSR count). The first-order valence-corrected chi connectivity index (χ1v) is 4.10. The Labute approximate surface area is 72.0 Å². The molecule has 1 heterocycles. The Balaban J connectivity index is 2.69. The molecule has 0 aromatic rings. The highest BCUT2D eigenvalue weighted by atomic mass is 16.2. The van der Waals surface area contributed by atoms with Crippen LogP contribution in [-0.2, 0) is 9.59 Å². The van der Waals surface area contributed by atoms with Crippen molar-refractivity contribution < 1.29 is 9.59 Å². The first-order valence-electron chi connectivity index (χ1n) is 4.10. The Morgan fingerprint density at radius 1 is 1.83 bits per heavy atom. The van der Waals surface area contributed by atoms with E-state index in [9.17, 15) is 9.59 Å². The molecule has 0 spiro atoms. The fraction of sp³-hybridized carbons (Fsp3) is 0.556. The summed E-state index contributed by atoms with van der Waals surface area (Å²) in [6.45, 7) is 6.12. The zero-order valence-corrected chi connectivity index (χ0v) is 7.25. The van der Waals surface area contributed by atoms with Crippen LogP contribution in [0, 0.1) is 0 Å². The molecule has 1 fully saturated rings. The van der Waals surface area contributed by atoms with Gasteiger partial charge in [-0.2, -0.15) is 0 Å². The SMILES string of the molecule is C=C1CC(C=O)N(C(=O)CC)C1. The van der Waals surface area contributed by atoms with E-state index < -0.39 is 0 Å². The second kappa shape index (κ2) is 3.52. The van der Waals surface area contributed by atoms with Crippen molar-refractivity contribution in [2.45, 2.75) is 25.8 Å². The molecule has 0 N–H and O–H groups in total. The molecule has 0 aromatic carbocycles. The van der Waals surface area contributed by atoms with Crippen LogP contribution in [0.1, 0.15) is 19.8 Å². The Morgan fingerprint density at radius 2 is 2.50 bits per heavy atom. The van der Waals surface area contributed by atoms with Crippen LogP contribution in [0.2, 0.25) is 0 Å². The monoisotopic (exact) mass is 167 g/mol. The van der Waals surface area contributed by atoms with Crippen LogP contribution in [0.3, 0.4) is 0 Å². The van der Waals surface area contributed by atoms with E-state index in [0.29, 0.717) is 19.4 Å². The fourth-order valence-electron chi connectivity index (χ4n) is 1.43. The van der Waals surface area contributed by atoms with E-state index in [4.69, 9.17) is 0 Å². The second-order valence-electron chi connectivity index (χ2n) is 3.03. The number of aldehydes is 1. The molecule has 1 aliphatic heterocycles. The fourth-order valence-corrected chi connectivity index (χ4v) is 1.43. The molecule has 1 atom stereocenters. The molecule has 0 bridgehead atoms. The summed E-state index contributed by atoms with van der Waals surface area (Å²) in [5.41, 5.74) is 0.967. The lowest BCUT2D eigenvalue weighted by Gasteiger charge is -2.18. The highest BCUT2D eigenvalue weighted by molar-refractivity contribution is 5.80. The number of carbonyl (C=O) groups excluding carboxylic acids is 2. The molecule has 3 heteroatoms. The average molecular weight is 167 g/mol. The molecule has 66 valence electrons. The van der Waals surface area contributed by atoms with Crippen molar-refractivity contribution in [3.05, 3.63) is 12.2 Å². The lowest BCUT2D eigenvalue weighted by Crippen LogP contribution is -2.35. The summed E-state index contributed by atoms with van der Waals surface area (Å²) < 4.78 is 0. The van der Waals surface area contributed by atoms with E-state index in [0.717, 1.165) is 11.9 Å². The third-order valence-corrected chi connectivity index (χ3v) is 2.07. The van der Waals surface area contributed by atoms with Crippen molar-refractivity contribution in [1.82, 2.24) is 4.90 Å². The van der Waals surface area contributed by atoms with Gasteiger partial charge in [0.15, 0.2) is 0 Å². The zero-order valence-electron chi connectivity index (χ0n) is 7.25. The molecule has 0 aliphatic carbocycles. The van der Waals surface area contributed by atoms with Gasteiger partial charge in [0.2, 0.25) is 5.91 Å². The van der Waals surface area contributed by atoms with Gasteiger partial charge in [0.1, 0.15) is 6.29 Å². The number of hydrogen-bond acceptors (Lipinski definition) is 2. The highest BCUT2D eigenvalue weighted by Crippen LogP contribution is 2.20. The quantitative estimate of drug-likeness (QED) is 0.449. The lowest BCUT2D eigenvalue weighted by atomic mass is 10.2. The molecule has 3 nitrogen and oxygen atoms in total. The van der Waals surface area contributed by atoms with Gasteiger partial charge in [0.05, 0.1) is 6.04 Å². The van der Waals surface area contributed by atoms with Gasteiger partial charge >= 0.3 is 0 Å². The maximum atomic E-state index is 11.3. The molecular formula is C9H13NO2. The van der Waals surface area contributed by atoms with Crippen molar-refractivity contribution >= 4 is 12.2 Å². The van der Waals surface area contributed by atoms with Crippen LogP contribution >= 0.6 is 0 Å². The number of nitrogens with zero attached hydrogens (tertiary/aromatic N) is 1. The average Bonchev–Trinajstić information content (AvgIpc) is 2.45. The summed E-state index contributed by atoms with van der Waals surface area (Å²) in [7, 11) is 0. The molecule has 1 aliphatic rings. The molecule has 0 aromatic heterocycles. The standard InChI is InChI=1S/C9H13NO2/c1-3-9(12)10-5-7(2)4-8(10)6-11/h6,8H,2-5H2,1H3. The van der Waals surface area contributed by atoms with E-state index in [1.54, 1.807) is 11.8 Å². The van der Waals surface area contributed by atoms with Crippen molar-refractivity contribution in [3.63, 3.8) is 0 Å². The van der Waals surface area contributed by atoms with Crippen molar-refractivity contribution in [2.75, 3.05) is 6.54 Å². The predicted molar refractivity (Wildman–Crippen MR) is 45.6 cm³/mol. The summed E-state index contributed by atoms with van der Waals surface area (Å²) in [5, 5.41) is 0. The van der Waals surface area contributed by atoms with E-state index in [1.807, 2.05) is 0 Å². The largest absolute Gasteiger partial charge is 0.329 e. The van der Waals surface area contributed by atoms with Crippen LogP contribution in [0.15, 0.2) is 12.2 Å². The van der Waals surface area contributed by atoms with E-state index in [-0.39, 0.29) is 11.9 Å². The van der Waals surface area contributed by atoms with Gasteiger partial charge in [-0.05, 0) is 6.42 Å². The molecule has 0 saturated carbocycles. The van der Waals surface area contributed by atoms with Gasteiger partial charge in [0.25, 0.3) is 0 Å². The Bertz CT molecular complexity index is 223. The van der Waals surface area contributed by atoms with Crippen LogP contribution in [0.25, 0.3) is 0 Å². The van der Waals surface area contributed by atoms with Gasteiger partial charge < -0.3 is 9.69 Å². The summed E-state index contributed by atoms with van der Waals surface area (Å²) in [6, 6.07) is -0.259. The second-order valence-corrected chi connectivity index (χ2v) is 3.03. The summed E-state index contributed by atoms with van der Waals surface area (Å²) in [5.74, 6) is 0.0331. The van der Waals surface area contributed by atoms with Crippen molar-refractivity contribution in [1.29, 1.82) is 0 Å². The third-order valence-electron chi connectivity index (χ3n) is 2.07. The van der Waals surface area contributed by atoms with Crippen LogP contribution < -0.4 is 0 Å². The number of carbonyl (C=O) groups is 2. The van der Waals surface area contributed by atoms with Crippen LogP contribution in [0.4, 0.5) is 0 Å².